The lowest BCUT2D eigenvalue weighted by molar-refractivity contribution is -0.157. The summed E-state index contributed by atoms with van der Waals surface area (Å²) in [7, 11) is 0. The Morgan fingerprint density at radius 3 is 1.84 bits per heavy atom. The lowest BCUT2D eigenvalue weighted by Crippen LogP contribution is -2.45. The first-order chi connectivity index (χ1) is 23.4. The molecule has 4 amide bonds. The van der Waals surface area contributed by atoms with Gasteiger partial charge in [0.1, 0.15) is 17.4 Å². The molecule has 0 bridgehead atoms. The van der Waals surface area contributed by atoms with Crippen molar-refractivity contribution in [3.05, 3.63) is 65.2 Å². The maximum absolute atomic E-state index is 12.3. The number of ether oxygens (including phenoxy) is 6. The van der Waals surface area contributed by atoms with E-state index in [0.29, 0.717) is 62.8 Å². The van der Waals surface area contributed by atoms with E-state index in [1.807, 2.05) is 12.1 Å². The van der Waals surface area contributed by atoms with Crippen molar-refractivity contribution in [2.45, 2.75) is 51.7 Å². The molecular weight excluding hydrogens is 638 g/mol. The zero-order valence-corrected chi connectivity index (χ0v) is 28.4. The lowest BCUT2D eigenvalue weighted by atomic mass is 10.0. The van der Waals surface area contributed by atoms with Crippen molar-refractivity contribution in [2.24, 2.45) is 5.73 Å². The largest absolute Gasteiger partial charge is 0.482 e. The number of nitrogens with zero attached hydrogens (tertiary/aromatic N) is 1. The molecule has 2 aromatic carbocycles. The van der Waals surface area contributed by atoms with Gasteiger partial charge in [0.05, 0.1) is 70.5 Å². The molecule has 0 aliphatic carbocycles. The second kappa shape index (κ2) is 20.2. The zero-order chi connectivity index (χ0) is 35.6. The van der Waals surface area contributed by atoms with Gasteiger partial charge in [-0.25, -0.2) is 4.79 Å². The monoisotopic (exact) mass is 685 g/mol. The highest BCUT2D eigenvalue weighted by Gasteiger charge is 2.34. The Labute approximate surface area is 286 Å². The topological polar surface area (TPSA) is 182 Å². The maximum atomic E-state index is 12.3. The van der Waals surface area contributed by atoms with Crippen LogP contribution in [0.3, 0.4) is 0 Å². The van der Waals surface area contributed by atoms with Gasteiger partial charge in [-0.15, -0.1) is 0 Å². The smallest absolute Gasteiger partial charge is 0.344 e. The van der Waals surface area contributed by atoms with Crippen LogP contribution in [0.4, 0.5) is 0 Å². The number of nitrogens with two attached hydrogens (primary N) is 1. The normalized spacial score (nSPS) is 13.2. The summed E-state index contributed by atoms with van der Waals surface area (Å²) < 4.78 is 32.5. The number of fused-ring (bicyclic) bond motifs is 1. The standard InChI is InChI=1S/C35H47N3O11/c1-35(2,3)49-31(40)24-48-26-11-8-25(9-12-26)10-13-29(32(36)41)37-30(39)14-16-44-18-20-46-22-23-47-21-19-45-17-15-38-33(42)27-6-4-5-7-28(27)34(38)43/h4-9,11-12,29H,10,13-24H2,1-3H3,(H2,36,41)(H,37,39)/t29-/m0/s1. The van der Waals surface area contributed by atoms with E-state index in [9.17, 15) is 24.0 Å². The summed E-state index contributed by atoms with van der Waals surface area (Å²) in [5.74, 6) is -1.55. The molecule has 3 N–H and O–H groups in total. The highest BCUT2D eigenvalue weighted by Crippen LogP contribution is 2.22. The van der Waals surface area contributed by atoms with E-state index in [-0.39, 0.29) is 57.1 Å². The van der Waals surface area contributed by atoms with Gasteiger partial charge in [-0.1, -0.05) is 24.3 Å². The number of carbonyl (C=O) groups is 5. The molecule has 3 rings (SSSR count). The second-order valence-electron chi connectivity index (χ2n) is 12.1. The molecule has 1 atom stereocenters. The molecule has 14 heteroatoms. The molecule has 268 valence electrons. The number of carbonyl (C=O) groups excluding carboxylic acids is 5. The summed E-state index contributed by atoms with van der Waals surface area (Å²) >= 11 is 0. The van der Waals surface area contributed by atoms with Crippen molar-refractivity contribution >= 4 is 29.6 Å². The van der Waals surface area contributed by atoms with Crippen LogP contribution in [-0.4, -0.2) is 112 Å². The van der Waals surface area contributed by atoms with Crippen molar-refractivity contribution in [1.82, 2.24) is 10.2 Å². The van der Waals surface area contributed by atoms with E-state index in [1.165, 1.54) is 4.90 Å². The molecule has 0 fully saturated rings. The number of hydrogen-bond acceptors (Lipinski definition) is 11. The Bertz CT molecular complexity index is 1360. The summed E-state index contributed by atoms with van der Waals surface area (Å²) in [6, 6.07) is 13.0. The van der Waals surface area contributed by atoms with Gasteiger partial charge in [-0.2, -0.15) is 0 Å². The van der Waals surface area contributed by atoms with E-state index >= 15 is 0 Å². The van der Waals surface area contributed by atoms with Crippen LogP contribution in [0, 0.1) is 0 Å². The average molecular weight is 686 g/mol. The number of imide groups is 1. The maximum Gasteiger partial charge on any atom is 0.344 e. The molecule has 0 saturated carbocycles. The Morgan fingerprint density at radius 1 is 0.776 bits per heavy atom. The van der Waals surface area contributed by atoms with Crippen LogP contribution in [0.2, 0.25) is 0 Å². The first-order valence-electron chi connectivity index (χ1n) is 16.2. The molecule has 1 heterocycles. The van der Waals surface area contributed by atoms with E-state index in [2.05, 4.69) is 5.32 Å². The molecular formula is C35H47N3O11. The number of primary amides is 1. The first-order valence-corrected chi connectivity index (χ1v) is 16.2. The van der Waals surface area contributed by atoms with Crippen LogP contribution in [0.5, 0.6) is 5.75 Å². The predicted octanol–water partition coefficient (Wildman–Crippen LogP) is 2.06. The summed E-state index contributed by atoms with van der Waals surface area (Å²) in [5.41, 5.74) is 6.65. The number of hydrogen-bond donors (Lipinski definition) is 2. The van der Waals surface area contributed by atoms with Crippen molar-refractivity contribution < 1.29 is 52.4 Å². The summed E-state index contributed by atoms with van der Waals surface area (Å²) in [4.78, 5) is 61.9. The predicted molar refractivity (Wildman–Crippen MR) is 177 cm³/mol. The molecule has 0 spiro atoms. The van der Waals surface area contributed by atoms with E-state index in [4.69, 9.17) is 34.2 Å². The fourth-order valence-electron chi connectivity index (χ4n) is 4.65. The van der Waals surface area contributed by atoms with Crippen molar-refractivity contribution in [3.63, 3.8) is 0 Å². The number of aryl methyl sites for hydroxylation is 1. The third-order valence-corrected chi connectivity index (χ3v) is 7.03. The van der Waals surface area contributed by atoms with Crippen LogP contribution in [0.1, 0.15) is 59.9 Å². The van der Waals surface area contributed by atoms with Crippen molar-refractivity contribution in [3.8, 4) is 5.75 Å². The molecule has 14 nitrogen and oxygen atoms in total. The van der Waals surface area contributed by atoms with Crippen molar-refractivity contribution in [1.29, 1.82) is 0 Å². The Morgan fingerprint density at radius 2 is 1.31 bits per heavy atom. The highest BCUT2D eigenvalue weighted by molar-refractivity contribution is 6.21. The number of rotatable bonds is 23. The molecule has 0 aromatic heterocycles. The van der Waals surface area contributed by atoms with Gasteiger partial charge < -0.3 is 39.5 Å². The van der Waals surface area contributed by atoms with Crippen LogP contribution in [0.25, 0.3) is 0 Å². The second-order valence-corrected chi connectivity index (χ2v) is 12.1. The fraction of sp³-hybridized carbons (Fsp3) is 0.514. The van der Waals surface area contributed by atoms with Gasteiger partial charge in [0, 0.05) is 6.42 Å². The zero-order valence-electron chi connectivity index (χ0n) is 28.4. The quantitative estimate of drug-likeness (QED) is 0.0993. The Kier molecular flexibility index (Phi) is 16.1. The Balaban J connectivity index is 1.15. The van der Waals surface area contributed by atoms with Crippen LogP contribution in [0.15, 0.2) is 48.5 Å². The van der Waals surface area contributed by atoms with Crippen LogP contribution in [-0.2, 0) is 44.5 Å². The molecule has 1 aliphatic heterocycles. The third-order valence-electron chi connectivity index (χ3n) is 7.03. The van der Waals surface area contributed by atoms with Gasteiger partial charge in [0.25, 0.3) is 11.8 Å². The number of amides is 4. The Hall–Kier alpha value is -4.37. The summed E-state index contributed by atoms with van der Waals surface area (Å²) in [5, 5.41) is 2.65. The number of esters is 1. The average Bonchev–Trinajstić information content (AvgIpc) is 3.30. The molecule has 49 heavy (non-hydrogen) atoms. The van der Waals surface area contributed by atoms with Gasteiger partial charge in [0.15, 0.2) is 6.61 Å². The fourth-order valence-corrected chi connectivity index (χ4v) is 4.65. The molecule has 0 unspecified atom stereocenters. The van der Waals surface area contributed by atoms with Gasteiger partial charge in [-0.3, -0.25) is 24.1 Å². The van der Waals surface area contributed by atoms with E-state index < -0.39 is 23.5 Å². The SMILES string of the molecule is CC(C)(C)OC(=O)COc1ccc(CC[C@H](NC(=O)CCOCCOCCOCCOCCN2C(=O)c3ccccc3C2=O)C(N)=O)cc1. The summed E-state index contributed by atoms with van der Waals surface area (Å²) in [6.07, 6.45) is 0.866. The summed E-state index contributed by atoms with van der Waals surface area (Å²) in [6.45, 7) is 7.63. The third kappa shape index (κ3) is 14.3. The number of benzene rings is 2. The van der Waals surface area contributed by atoms with Crippen molar-refractivity contribution in [2.75, 3.05) is 66.0 Å². The van der Waals surface area contributed by atoms with Gasteiger partial charge in [-0.05, 0) is 63.4 Å². The minimum Gasteiger partial charge on any atom is -0.482 e. The minimum absolute atomic E-state index is 0.0591. The van der Waals surface area contributed by atoms with E-state index in [1.54, 1.807) is 57.2 Å². The molecule has 2 aromatic rings. The van der Waals surface area contributed by atoms with Gasteiger partial charge in [0.2, 0.25) is 11.8 Å². The van der Waals surface area contributed by atoms with Crippen LogP contribution >= 0.6 is 0 Å². The van der Waals surface area contributed by atoms with Gasteiger partial charge >= 0.3 is 5.97 Å². The molecule has 0 saturated heterocycles. The van der Waals surface area contributed by atoms with E-state index in [0.717, 1.165) is 5.56 Å². The number of nitrogens with one attached hydrogen (secondary N) is 1. The minimum atomic E-state index is -0.833. The lowest BCUT2D eigenvalue weighted by Gasteiger charge is -2.19. The first kappa shape index (κ1) is 39.1. The highest BCUT2D eigenvalue weighted by atomic mass is 16.6. The molecule has 0 radical (unpaired) electrons. The molecule has 1 aliphatic rings. The van der Waals surface area contributed by atoms with Crippen LogP contribution < -0.4 is 15.8 Å².